The largest absolute Gasteiger partial charge is 0.493 e. The monoisotopic (exact) mass is 283 g/mol. The van der Waals surface area contributed by atoms with Crippen molar-refractivity contribution in [3.05, 3.63) is 65.2 Å². The number of hydrogen-bond acceptors (Lipinski definition) is 3. The van der Waals surface area contributed by atoms with E-state index in [2.05, 4.69) is 47.9 Å². The van der Waals surface area contributed by atoms with Crippen LogP contribution in [-0.4, -0.2) is 13.7 Å². The van der Waals surface area contributed by atoms with Crippen molar-refractivity contribution in [2.45, 2.75) is 25.3 Å². The Balaban J connectivity index is 1.87. The standard InChI is InChI=1S/C18H21NO2/c1-20-19-17-8-5-11-21-18-10-9-15(13-16(17)18)12-14-6-3-2-4-7-14/h2-4,6-7,9-10,13,17,19H,5,8,11-12H2,1H3. The molecule has 1 aliphatic heterocycles. The molecule has 3 nitrogen and oxygen atoms in total. The van der Waals surface area contributed by atoms with Crippen molar-refractivity contribution in [3.8, 4) is 5.75 Å². The van der Waals surface area contributed by atoms with Crippen LogP contribution in [0.5, 0.6) is 5.75 Å². The molecule has 0 spiro atoms. The Kier molecular flexibility index (Phi) is 4.53. The van der Waals surface area contributed by atoms with Gasteiger partial charge in [0, 0.05) is 5.56 Å². The molecular formula is C18H21NO2. The van der Waals surface area contributed by atoms with Gasteiger partial charge in [-0.1, -0.05) is 42.5 Å². The van der Waals surface area contributed by atoms with E-state index in [1.807, 2.05) is 6.07 Å². The third-order valence-corrected chi connectivity index (χ3v) is 3.86. The van der Waals surface area contributed by atoms with Crippen molar-refractivity contribution in [2.24, 2.45) is 0 Å². The van der Waals surface area contributed by atoms with E-state index in [9.17, 15) is 0 Å². The Morgan fingerprint density at radius 3 is 2.81 bits per heavy atom. The van der Waals surface area contributed by atoms with Crippen LogP contribution in [0.2, 0.25) is 0 Å². The second-order valence-corrected chi connectivity index (χ2v) is 5.40. The number of hydrogen-bond donors (Lipinski definition) is 1. The van der Waals surface area contributed by atoms with Crippen molar-refractivity contribution < 1.29 is 9.57 Å². The third kappa shape index (κ3) is 3.43. The Bertz CT molecular complexity index is 583. The molecule has 0 saturated carbocycles. The molecule has 0 bridgehead atoms. The van der Waals surface area contributed by atoms with Crippen LogP contribution in [0, 0.1) is 0 Å². The van der Waals surface area contributed by atoms with Gasteiger partial charge in [0.05, 0.1) is 19.8 Å². The van der Waals surface area contributed by atoms with E-state index in [0.717, 1.165) is 31.6 Å². The van der Waals surface area contributed by atoms with Crippen molar-refractivity contribution in [1.82, 2.24) is 5.48 Å². The van der Waals surface area contributed by atoms with E-state index in [-0.39, 0.29) is 6.04 Å². The summed E-state index contributed by atoms with van der Waals surface area (Å²) < 4.78 is 5.83. The lowest BCUT2D eigenvalue weighted by Crippen LogP contribution is -2.19. The predicted molar refractivity (Wildman–Crippen MR) is 83.3 cm³/mol. The van der Waals surface area contributed by atoms with Gasteiger partial charge in [-0.15, -0.1) is 0 Å². The van der Waals surface area contributed by atoms with Crippen LogP contribution in [-0.2, 0) is 11.3 Å². The molecule has 2 aromatic rings. The molecule has 0 aliphatic carbocycles. The molecule has 0 fully saturated rings. The van der Waals surface area contributed by atoms with E-state index < -0.39 is 0 Å². The van der Waals surface area contributed by atoms with Crippen molar-refractivity contribution in [1.29, 1.82) is 0 Å². The SMILES string of the molecule is CONC1CCCOc2ccc(Cc3ccccc3)cc21. The van der Waals surface area contributed by atoms with E-state index >= 15 is 0 Å². The minimum Gasteiger partial charge on any atom is -0.493 e. The maximum Gasteiger partial charge on any atom is 0.124 e. The van der Waals surface area contributed by atoms with Crippen molar-refractivity contribution >= 4 is 0 Å². The molecule has 0 amide bonds. The maximum atomic E-state index is 5.83. The van der Waals surface area contributed by atoms with Gasteiger partial charge in [-0.2, -0.15) is 5.48 Å². The first-order valence-electron chi connectivity index (χ1n) is 7.45. The number of benzene rings is 2. The number of fused-ring (bicyclic) bond motifs is 1. The first-order valence-corrected chi connectivity index (χ1v) is 7.45. The first kappa shape index (κ1) is 14.1. The molecule has 3 rings (SSSR count). The third-order valence-electron chi connectivity index (χ3n) is 3.86. The quantitative estimate of drug-likeness (QED) is 0.869. The van der Waals surface area contributed by atoms with Crippen LogP contribution in [0.1, 0.15) is 35.6 Å². The van der Waals surface area contributed by atoms with Crippen LogP contribution >= 0.6 is 0 Å². The van der Waals surface area contributed by atoms with Crippen LogP contribution in [0.25, 0.3) is 0 Å². The van der Waals surface area contributed by atoms with E-state index in [0.29, 0.717) is 0 Å². The average molecular weight is 283 g/mol. The summed E-state index contributed by atoms with van der Waals surface area (Å²) in [5, 5.41) is 0. The van der Waals surface area contributed by atoms with Crippen LogP contribution in [0.4, 0.5) is 0 Å². The van der Waals surface area contributed by atoms with Gasteiger partial charge in [-0.3, -0.25) is 0 Å². The number of nitrogens with one attached hydrogen (secondary N) is 1. The fourth-order valence-electron chi connectivity index (χ4n) is 2.83. The molecule has 110 valence electrons. The highest BCUT2D eigenvalue weighted by molar-refractivity contribution is 5.41. The molecule has 1 unspecified atom stereocenters. The molecule has 0 saturated heterocycles. The lowest BCUT2D eigenvalue weighted by Gasteiger charge is -2.18. The summed E-state index contributed by atoms with van der Waals surface area (Å²) in [6.07, 6.45) is 2.99. The molecule has 0 radical (unpaired) electrons. The topological polar surface area (TPSA) is 30.5 Å². The minimum atomic E-state index is 0.197. The van der Waals surface area contributed by atoms with Gasteiger partial charge in [0.2, 0.25) is 0 Å². The Hall–Kier alpha value is -1.84. The summed E-state index contributed by atoms with van der Waals surface area (Å²) in [5.74, 6) is 0.971. The lowest BCUT2D eigenvalue weighted by molar-refractivity contribution is 0.0579. The van der Waals surface area contributed by atoms with E-state index in [1.54, 1.807) is 7.11 Å². The van der Waals surface area contributed by atoms with Gasteiger partial charge < -0.3 is 9.57 Å². The normalized spacial score (nSPS) is 17.7. The number of rotatable bonds is 4. The van der Waals surface area contributed by atoms with Crippen LogP contribution in [0.15, 0.2) is 48.5 Å². The van der Waals surface area contributed by atoms with E-state index in [4.69, 9.17) is 9.57 Å². The van der Waals surface area contributed by atoms with Crippen LogP contribution in [0.3, 0.4) is 0 Å². The van der Waals surface area contributed by atoms with Gasteiger partial charge >= 0.3 is 0 Å². The first-order chi connectivity index (χ1) is 10.4. The highest BCUT2D eigenvalue weighted by Crippen LogP contribution is 2.32. The fraction of sp³-hybridized carbons (Fsp3) is 0.333. The summed E-state index contributed by atoms with van der Waals surface area (Å²) in [6.45, 7) is 0.771. The Morgan fingerprint density at radius 1 is 1.14 bits per heavy atom. The summed E-state index contributed by atoms with van der Waals surface area (Å²) in [7, 11) is 1.67. The number of hydroxylamine groups is 1. The van der Waals surface area contributed by atoms with Gasteiger partial charge in [0.15, 0.2) is 0 Å². The molecule has 1 aliphatic rings. The maximum absolute atomic E-state index is 5.83. The second-order valence-electron chi connectivity index (χ2n) is 5.40. The molecule has 1 N–H and O–H groups in total. The Morgan fingerprint density at radius 2 is 2.00 bits per heavy atom. The number of ether oxygens (including phenoxy) is 1. The van der Waals surface area contributed by atoms with Crippen LogP contribution < -0.4 is 10.2 Å². The molecule has 21 heavy (non-hydrogen) atoms. The van der Waals surface area contributed by atoms with Gasteiger partial charge in [0.25, 0.3) is 0 Å². The molecule has 1 atom stereocenters. The highest BCUT2D eigenvalue weighted by atomic mass is 16.6. The predicted octanol–water partition coefficient (Wildman–Crippen LogP) is 3.64. The van der Waals surface area contributed by atoms with Gasteiger partial charge in [-0.05, 0) is 36.5 Å². The molecule has 3 heteroatoms. The smallest absolute Gasteiger partial charge is 0.124 e. The summed E-state index contributed by atoms with van der Waals surface area (Å²) in [5.41, 5.74) is 6.91. The summed E-state index contributed by atoms with van der Waals surface area (Å²) in [4.78, 5) is 5.15. The average Bonchev–Trinajstić information content (AvgIpc) is 2.71. The van der Waals surface area contributed by atoms with Gasteiger partial charge in [-0.25, -0.2) is 0 Å². The zero-order chi connectivity index (χ0) is 14.5. The molecule has 1 heterocycles. The molecular weight excluding hydrogens is 262 g/mol. The molecule has 0 aromatic heterocycles. The van der Waals surface area contributed by atoms with Gasteiger partial charge in [0.1, 0.15) is 5.75 Å². The zero-order valence-electron chi connectivity index (χ0n) is 12.3. The summed E-state index contributed by atoms with van der Waals surface area (Å²) in [6, 6.07) is 17.2. The zero-order valence-corrected chi connectivity index (χ0v) is 12.3. The fourth-order valence-corrected chi connectivity index (χ4v) is 2.83. The summed E-state index contributed by atoms with van der Waals surface area (Å²) >= 11 is 0. The van der Waals surface area contributed by atoms with Crippen molar-refractivity contribution in [2.75, 3.05) is 13.7 Å². The molecule has 2 aromatic carbocycles. The van der Waals surface area contributed by atoms with Crippen molar-refractivity contribution in [3.63, 3.8) is 0 Å². The minimum absolute atomic E-state index is 0.197. The second kappa shape index (κ2) is 6.74. The van der Waals surface area contributed by atoms with E-state index in [1.165, 1.54) is 16.7 Å². The lowest BCUT2D eigenvalue weighted by atomic mass is 9.97. The Labute approximate surface area is 125 Å². The highest BCUT2D eigenvalue weighted by Gasteiger charge is 2.20.